The first-order valence-corrected chi connectivity index (χ1v) is 9.60. The Morgan fingerprint density at radius 1 is 0.615 bits per heavy atom. The van der Waals surface area contributed by atoms with E-state index in [0.29, 0.717) is 11.1 Å². The van der Waals surface area contributed by atoms with Crippen LogP contribution >= 0.6 is 7.60 Å². The molecule has 0 unspecified atom stereocenters. The van der Waals surface area contributed by atoms with Crippen molar-refractivity contribution in [2.24, 2.45) is 0 Å². The fourth-order valence-electron chi connectivity index (χ4n) is 2.77. The number of hydrogen-bond acceptors (Lipinski definition) is 2. The molecule has 4 nitrogen and oxygen atoms in total. The molecule has 0 spiro atoms. The molecule has 0 atom stereocenters. The van der Waals surface area contributed by atoms with Gasteiger partial charge in [0.15, 0.2) is 0 Å². The van der Waals surface area contributed by atoms with Gasteiger partial charge in [0.05, 0.1) is 0 Å². The normalized spacial score (nSPS) is 11.0. The molecule has 3 aromatic carbocycles. The molecule has 0 aromatic heterocycles. The molecule has 0 aliphatic rings. The highest BCUT2D eigenvalue weighted by Gasteiger charge is 2.33. The monoisotopic (exact) mass is 364 g/mol. The van der Waals surface area contributed by atoms with Gasteiger partial charge in [0.25, 0.3) is 0 Å². The number of carbonyl (C=O) groups is 1. The van der Waals surface area contributed by atoms with Gasteiger partial charge in [-0.15, -0.1) is 0 Å². The average molecular weight is 364 g/mol. The van der Waals surface area contributed by atoms with Crippen LogP contribution in [0, 0.1) is 0 Å². The smallest absolute Gasteiger partial charge is 0.321 e. The molecule has 0 aliphatic carbocycles. The van der Waals surface area contributed by atoms with Crippen molar-refractivity contribution in [3.8, 4) is 0 Å². The van der Waals surface area contributed by atoms with Gasteiger partial charge in [0.2, 0.25) is 5.78 Å². The molecule has 0 saturated carbocycles. The Balaban J connectivity index is 2.35. The molecular weight excluding hydrogens is 347 g/mol. The summed E-state index contributed by atoms with van der Waals surface area (Å²) in [4.78, 5) is 33.1. The summed E-state index contributed by atoms with van der Waals surface area (Å²) in [7, 11) is -4.85. The SMILES string of the molecule is O=C(C(=C(c1ccccc1)c1ccccc1)P(=O)(O)O)c1ccccc1. The van der Waals surface area contributed by atoms with Crippen LogP contribution in [0.15, 0.2) is 96.3 Å². The number of hydrogen-bond donors (Lipinski definition) is 2. The highest BCUT2D eigenvalue weighted by molar-refractivity contribution is 7.58. The molecule has 3 rings (SSSR count). The summed E-state index contributed by atoms with van der Waals surface area (Å²) in [5.74, 6) is -0.679. The van der Waals surface area contributed by atoms with Crippen LogP contribution in [0.2, 0.25) is 0 Å². The first-order valence-electron chi connectivity index (χ1n) is 7.99. The van der Waals surface area contributed by atoms with Crippen LogP contribution in [-0.2, 0) is 4.57 Å². The maximum atomic E-state index is 13.0. The average Bonchev–Trinajstić information content (AvgIpc) is 2.66. The molecule has 130 valence electrons. The fourth-order valence-corrected chi connectivity index (χ4v) is 3.71. The van der Waals surface area contributed by atoms with E-state index in [2.05, 4.69) is 0 Å². The Labute approximate surface area is 151 Å². The molecule has 0 bridgehead atoms. The van der Waals surface area contributed by atoms with Gasteiger partial charge < -0.3 is 9.79 Å². The fraction of sp³-hybridized carbons (Fsp3) is 0. The molecule has 0 aliphatic heterocycles. The molecule has 0 radical (unpaired) electrons. The molecule has 0 saturated heterocycles. The second-order valence-electron chi connectivity index (χ2n) is 5.69. The van der Waals surface area contributed by atoms with Gasteiger partial charge >= 0.3 is 7.60 Å². The van der Waals surface area contributed by atoms with Crippen LogP contribution < -0.4 is 0 Å². The maximum Gasteiger partial charge on any atom is 0.360 e. The van der Waals surface area contributed by atoms with Gasteiger partial charge in [-0.3, -0.25) is 9.36 Å². The van der Waals surface area contributed by atoms with Gasteiger partial charge in [-0.1, -0.05) is 91.0 Å². The second kappa shape index (κ2) is 7.63. The number of benzene rings is 3. The van der Waals surface area contributed by atoms with E-state index < -0.39 is 18.7 Å². The Morgan fingerprint density at radius 2 is 0.962 bits per heavy atom. The van der Waals surface area contributed by atoms with Crippen molar-refractivity contribution >= 4 is 19.0 Å². The standard InChI is InChI=1S/C21H17O4P/c22-20(18-14-8-3-9-15-18)21(26(23,24)25)19(16-10-4-1-5-11-16)17-12-6-2-7-13-17/h1-15H,(H2,23,24,25). The summed E-state index contributed by atoms with van der Waals surface area (Å²) in [6, 6.07) is 25.8. The van der Waals surface area contributed by atoms with Crippen LogP contribution in [0.3, 0.4) is 0 Å². The van der Waals surface area contributed by atoms with Crippen molar-refractivity contribution < 1.29 is 19.1 Å². The molecule has 5 heteroatoms. The lowest BCUT2D eigenvalue weighted by atomic mass is 9.95. The zero-order valence-corrected chi connectivity index (χ0v) is 14.7. The van der Waals surface area contributed by atoms with E-state index in [-0.39, 0.29) is 11.1 Å². The molecule has 0 fully saturated rings. The molecule has 2 N–H and O–H groups in total. The molecule has 3 aromatic rings. The van der Waals surface area contributed by atoms with Gasteiger partial charge in [-0.2, -0.15) is 0 Å². The van der Waals surface area contributed by atoms with Crippen molar-refractivity contribution in [3.63, 3.8) is 0 Å². The maximum absolute atomic E-state index is 13.0. The first kappa shape index (κ1) is 18.0. The predicted molar refractivity (Wildman–Crippen MR) is 102 cm³/mol. The van der Waals surface area contributed by atoms with Crippen molar-refractivity contribution in [1.29, 1.82) is 0 Å². The zero-order valence-electron chi connectivity index (χ0n) is 13.8. The quantitative estimate of drug-likeness (QED) is 0.397. The van der Waals surface area contributed by atoms with Crippen molar-refractivity contribution in [3.05, 3.63) is 113 Å². The lowest BCUT2D eigenvalue weighted by Crippen LogP contribution is -2.08. The number of rotatable bonds is 5. The summed E-state index contributed by atoms with van der Waals surface area (Å²) in [6.45, 7) is 0. The van der Waals surface area contributed by atoms with Crippen LogP contribution in [-0.4, -0.2) is 15.6 Å². The number of allylic oxidation sites excluding steroid dienone is 1. The van der Waals surface area contributed by atoms with Crippen LogP contribution in [0.25, 0.3) is 5.57 Å². The van der Waals surface area contributed by atoms with E-state index in [9.17, 15) is 19.1 Å². The minimum atomic E-state index is -4.85. The van der Waals surface area contributed by atoms with E-state index in [1.807, 2.05) is 12.1 Å². The summed E-state index contributed by atoms with van der Waals surface area (Å²) in [6.07, 6.45) is 0. The van der Waals surface area contributed by atoms with E-state index in [4.69, 9.17) is 0 Å². The summed E-state index contributed by atoms with van der Waals surface area (Å²) >= 11 is 0. The third kappa shape index (κ3) is 3.89. The zero-order chi connectivity index (χ0) is 18.6. The minimum absolute atomic E-state index is 0.232. The number of carbonyl (C=O) groups excluding carboxylic acids is 1. The van der Waals surface area contributed by atoms with Gasteiger partial charge in [-0.25, -0.2) is 0 Å². The first-order chi connectivity index (χ1) is 12.5. The number of ketones is 1. The second-order valence-corrected chi connectivity index (χ2v) is 7.23. The Morgan fingerprint density at radius 3 is 1.31 bits per heavy atom. The lowest BCUT2D eigenvalue weighted by Gasteiger charge is -2.17. The third-order valence-corrected chi connectivity index (χ3v) is 4.91. The van der Waals surface area contributed by atoms with Gasteiger partial charge in [0, 0.05) is 11.1 Å². The van der Waals surface area contributed by atoms with E-state index >= 15 is 0 Å². The Bertz CT molecular complexity index is 933. The lowest BCUT2D eigenvalue weighted by molar-refractivity contribution is 0.103. The predicted octanol–water partition coefficient (Wildman–Crippen LogP) is 4.51. The summed E-state index contributed by atoms with van der Waals surface area (Å²) in [5.41, 5.74) is 1.62. The largest absolute Gasteiger partial charge is 0.360 e. The summed E-state index contributed by atoms with van der Waals surface area (Å²) in [5, 5.41) is -0.499. The minimum Gasteiger partial charge on any atom is -0.321 e. The molecule has 0 amide bonds. The van der Waals surface area contributed by atoms with Gasteiger partial charge in [-0.05, 0) is 11.1 Å². The highest BCUT2D eigenvalue weighted by Crippen LogP contribution is 2.51. The molecule has 0 heterocycles. The van der Waals surface area contributed by atoms with Crippen LogP contribution in [0.5, 0.6) is 0 Å². The van der Waals surface area contributed by atoms with E-state index in [1.54, 1.807) is 78.9 Å². The topological polar surface area (TPSA) is 74.6 Å². The Hall–Kier alpha value is -2.78. The highest BCUT2D eigenvalue weighted by atomic mass is 31.2. The number of Topliss-reactive ketones (excluding diaryl/α,β-unsaturated/α-hetero) is 1. The molecule has 26 heavy (non-hydrogen) atoms. The third-order valence-electron chi connectivity index (χ3n) is 3.90. The van der Waals surface area contributed by atoms with Crippen molar-refractivity contribution in [2.75, 3.05) is 0 Å². The van der Waals surface area contributed by atoms with E-state index in [1.165, 1.54) is 0 Å². The molecular formula is C21H17O4P. The van der Waals surface area contributed by atoms with Crippen molar-refractivity contribution in [1.82, 2.24) is 0 Å². The van der Waals surface area contributed by atoms with Crippen LogP contribution in [0.4, 0.5) is 0 Å². The van der Waals surface area contributed by atoms with E-state index in [0.717, 1.165) is 0 Å². The van der Waals surface area contributed by atoms with Gasteiger partial charge in [0.1, 0.15) is 5.31 Å². The summed E-state index contributed by atoms with van der Waals surface area (Å²) < 4.78 is 12.4. The van der Waals surface area contributed by atoms with Crippen molar-refractivity contribution in [2.45, 2.75) is 0 Å². The Kier molecular flexibility index (Phi) is 5.29. The van der Waals surface area contributed by atoms with Crippen LogP contribution in [0.1, 0.15) is 21.5 Å².